The highest BCUT2D eigenvalue weighted by Gasteiger charge is 2.25. The smallest absolute Gasteiger partial charge is 0.279 e. The first-order valence-electron chi connectivity index (χ1n) is 9.18. The summed E-state index contributed by atoms with van der Waals surface area (Å²) in [6, 6.07) is 7.50. The Bertz CT molecular complexity index is 811. The summed E-state index contributed by atoms with van der Waals surface area (Å²) in [5, 5.41) is 2.65. The van der Waals surface area contributed by atoms with E-state index in [0.29, 0.717) is 37.8 Å². The third kappa shape index (κ3) is 5.46. The lowest BCUT2D eigenvalue weighted by Gasteiger charge is -2.34. The van der Waals surface area contributed by atoms with Crippen LogP contribution in [0.1, 0.15) is 0 Å². The summed E-state index contributed by atoms with van der Waals surface area (Å²) in [5.41, 5.74) is 0.406. The number of benzene rings is 1. The Labute approximate surface area is 163 Å². The number of carbonyl (C=O) groups is 2. The second-order valence-electron chi connectivity index (χ2n) is 6.79. The van der Waals surface area contributed by atoms with Crippen LogP contribution < -0.4 is 15.1 Å². The molecule has 148 valence electrons. The molecule has 2 aromatic rings. The number of anilines is 2. The number of hydrogen-bond donors (Lipinski definition) is 2. The molecular formula is C19H24FN6O2+. The fourth-order valence-electron chi connectivity index (χ4n) is 3.09. The van der Waals surface area contributed by atoms with Gasteiger partial charge in [0.1, 0.15) is 5.82 Å². The van der Waals surface area contributed by atoms with Crippen molar-refractivity contribution >= 4 is 23.5 Å². The van der Waals surface area contributed by atoms with Gasteiger partial charge < -0.3 is 20.0 Å². The quantitative estimate of drug-likeness (QED) is 0.693. The Morgan fingerprint density at radius 3 is 2.50 bits per heavy atom. The van der Waals surface area contributed by atoms with E-state index < -0.39 is 5.82 Å². The lowest BCUT2D eigenvalue weighted by atomic mass is 10.3. The van der Waals surface area contributed by atoms with Gasteiger partial charge in [-0.15, -0.1) is 0 Å². The predicted octanol–water partition coefficient (Wildman–Crippen LogP) is -0.582. The summed E-state index contributed by atoms with van der Waals surface area (Å²) >= 11 is 0. The van der Waals surface area contributed by atoms with Gasteiger partial charge in [0.25, 0.3) is 11.8 Å². The van der Waals surface area contributed by atoms with Gasteiger partial charge in [0.15, 0.2) is 13.1 Å². The van der Waals surface area contributed by atoms with E-state index in [1.807, 2.05) is 4.90 Å². The van der Waals surface area contributed by atoms with Gasteiger partial charge in [-0.1, -0.05) is 6.07 Å². The molecule has 1 aromatic carbocycles. The van der Waals surface area contributed by atoms with Crippen LogP contribution in [0, 0.1) is 5.82 Å². The van der Waals surface area contributed by atoms with Gasteiger partial charge in [-0.25, -0.2) is 14.4 Å². The average molecular weight is 387 g/mol. The average Bonchev–Trinajstić information content (AvgIpc) is 2.68. The van der Waals surface area contributed by atoms with Crippen LogP contribution in [0.5, 0.6) is 0 Å². The second kappa shape index (κ2) is 9.23. The number of rotatable bonds is 6. The van der Waals surface area contributed by atoms with Crippen molar-refractivity contribution in [2.24, 2.45) is 0 Å². The van der Waals surface area contributed by atoms with Gasteiger partial charge in [0, 0.05) is 44.3 Å². The number of quaternary nitrogens is 1. The number of halogens is 1. The number of nitrogens with one attached hydrogen (secondary N) is 2. The Balaban J connectivity index is 1.42. The van der Waals surface area contributed by atoms with Crippen molar-refractivity contribution < 1.29 is 18.9 Å². The van der Waals surface area contributed by atoms with Crippen molar-refractivity contribution in [3.63, 3.8) is 0 Å². The molecule has 0 aliphatic carbocycles. The van der Waals surface area contributed by atoms with Crippen molar-refractivity contribution in [2.75, 3.05) is 56.5 Å². The fraction of sp³-hybridized carbons (Fsp3) is 0.368. The Kier molecular flexibility index (Phi) is 6.49. The molecule has 28 heavy (non-hydrogen) atoms. The zero-order chi connectivity index (χ0) is 19.9. The number of likely N-dealkylation sites (N-methyl/N-ethyl adjacent to an activating group) is 1. The third-order valence-corrected chi connectivity index (χ3v) is 4.49. The van der Waals surface area contributed by atoms with Crippen molar-refractivity contribution in [3.8, 4) is 0 Å². The number of aromatic nitrogens is 2. The van der Waals surface area contributed by atoms with Gasteiger partial charge in [-0.2, -0.15) is 0 Å². The maximum absolute atomic E-state index is 13.2. The Morgan fingerprint density at radius 1 is 1.11 bits per heavy atom. The minimum atomic E-state index is -0.409. The number of carbonyl (C=O) groups excluding carboxylic acids is 2. The minimum Gasteiger partial charge on any atom is -0.337 e. The maximum atomic E-state index is 13.2. The molecule has 0 spiro atoms. The van der Waals surface area contributed by atoms with E-state index in [1.54, 1.807) is 36.5 Å². The molecule has 1 aliphatic heterocycles. The van der Waals surface area contributed by atoms with Crippen LogP contribution in [0.2, 0.25) is 0 Å². The molecule has 1 aromatic heterocycles. The maximum Gasteiger partial charge on any atom is 0.279 e. The van der Waals surface area contributed by atoms with Crippen LogP contribution in [-0.4, -0.2) is 73.0 Å². The van der Waals surface area contributed by atoms with Gasteiger partial charge in [-0.3, -0.25) is 9.59 Å². The normalized spacial score (nSPS) is 15.2. The summed E-state index contributed by atoms with van der Waals surface area (Å²) in [7, 11) is 1.79. The van der Waals surface area contributed by atoms with Crippen LogP contribution in [0.25, 0.3) is 0 Å². The van der Waals surface area contributed by atoms with E-state index in [2.05, 4.69) is 15.3 Å². The third-order valence-electron chi connectivity index (χ3n) is 4.49. The van der Waals surface area contributed by atoms with Gasteiger partial charge in [-0.05, 0) is 24.3 Å². The van der Waals surface area contributed by atoms with Crippen molar-refractivity contribution in [3.05, 3.63) is 48.5 Å². The van der Waals surface area contributed by atoms with Crippen LogP contribution in [0.15, 0.2) is 42.7 Å². The van der Waals surface area contributed by atoms with Crippen molar-refractivity contribution in [2.45, 2.75) is 0 Å². The van der Waals surface area contributed by atoms with Crippen molar-refractivity contribution in [1.29, 1.82) is 0 Å². The Hall–Kier alpha value is -3.07. The van der Waals surface area contributed by atoms with Gasteiger partial charge in [0.2, 0.25) is 5.95 Å². The van der Waals surface area contributed by atoms with E-state index in [9.17, 15) is 14.0 Å². The molecule has 8 nitrogen and oxygen atoms in total. The zero-order valence-corrected chi connectivity index (χ0v) is 15.8. The highest BCUT2D eigenvalue weighted by molar-refractivity contribution is 5.91. The molecule has 2 N–H and O–H groups in total. The fourth-order valence-corrected chi connectivity index (χ4v) is 3.09. The highest BCUT2D eigenvalue weighted by Crippen LogP contribution is 2.10. The molecule has 2 heterocycles. The largest absolute Gasteiger partial charge is 0.337 e. The second-order valence-corrected chi connectivity index (χ2v) is 6.79. The first kappa shape index (κ1) is 19.7. The van der Waals surface area contributed by atoms with Crippen LogP contribution in [0.4, 0.5) is 16.0 Å². The molecule has 3 rings (SSSR count). The summed E-state index contributed by atoms with van der Waals surface area (Å²) in [6.07, 6.45) is 3.40. The van der Waals surface area contributed by atoms with Gasteiger partial charge in [0.05, 0.1) is 7.05 Å². The molecule has 0 bridgehead atoms. The van der Waals surface area contributed by atoms with Crippen LogP contribution in [0.3, 0.4) is 0 Å². The minimum absolute atomic E-state index is 0.00434. The van der Waals surface area contributed by atoms with E-state index >= 15 is 0 Å². The molecule has 0 saturated carbocycles. The standard InChI is InChI=1S/C19H23FN6O2/c1-24(13-17(27)23-16-5-2-4-15(20)12-16)14-18(28)25-8-10-26(11-9-25)19-21-6-3-7-22-19/h2-7,12H,8-11,13-14H2,1H3,(H,23,27)/p+1. The van der Waals surface area contributed by atoms with Gasteiger partial charge >= 0.3 is 0 Å². The summed E-state index contributed by atoms with van der Waals surface area (Å²) in [6.45, 7) is 2.89. The number of nitrogens with zero attached hydrogens (tertiary/aromatic N) is 4. The van der Waals surface area contributed by atoms with Crippen LogP contribution in [-0.2, 0) is 9.59 Å². The Morgan fingerprint density at radius 2 is 1.82 bits per heavy atom. The number of hydrogen-bond acceptors (Lipinski definition) is 5. The molecule has 1 fully saturated rings. The van der Waals surface area contributed by atoms with E-state index in [4.69, 9.17) is 0 Å². The zero-order valence-electron chi connectivity index (χ0n) is 15.8. The molecule has 1 saturated heterocycles. The first-order valence-corrected chi connectivity index (χ1v) is 9.18. The topological polar surface area (TPSA) is 82.9 Å². The summed E-state index contributed by atoms with van der Waals surface area (Å²) in [4.78, 5) is 37.7. The molecule has 9 heteroatoms. The highest BCUT2D eigenvalue weighted by atomic mass is 19.1. The lowest BCUT2D eigenvalue weighted by molar-refractivity contribution is -0.862. The predicted molar refractivity (Wildman–Crippen MR) is 102 cm³/mol. The number of amides is 2. The molecule has 1 atom stereocenters. The van der Waals surface area contributed by atoms with E-state index in [0.717, 1.165) is 4.90 Å². The number of piperazine rings is 1. The molecule has 0 radical (unpaired) electrons. The lowest BCUT2D eigenvalue weighted by Crippen LogP contribution is -3.11. The molecule has 1 aliphatic rings. The van der Waals surface area contributed by atoms with Crippen LogP contribution >= 0.6 is 0 Å². The SMILES string of the molecule is C[NH+](CC(=O)Nc1cccc(F)c1)CC(=O)N1CCN(c2ncccn2)CC1. The molecule has 1 unspecified atom stereocenters. The first-order chi connectivity index (χ1) is 13.5. The summed E-state index contributed by atoms with van der Waals surface area (Å²) < 4.78 is 13.2. The summed E-state index contributed by atoms with van der Waals surface area (Å²) in [5.74, 6) is 0.00622. The van der Waals surface area contributed by atoms with E-state index in [-0.39, 0.29) is 24.9 Å². The monoisotopic (exact) mass is 387 g/mol. The molecule has 2 amide bonds. The molecular weight excluding hydrogens is 363 g/mol. The van der Waals surface area contributed by atoms with E-state index in [1.165, 1.54) is 18.2 Å². The van der Waals surface area contributed by atoms with Crippen molar-refractivity contribution in [1.82, 2.24) is 14.9 Å².